The molecule has 1 N–H and O–H groups in total. The van der Waals surface area contributed by atoms with Gasteiger partial charge >= 0.3 is 0 Å². The normalized spacial score (nSPS) is 14.7. The van der Waals surface area contributed by atoms with E-state index in [2.05, 4.69) is 41.4 Å². The molecule has 6 nitrogen and oxygen atoms in total. The summed E-state index contributed by atoms with van der Waals surface area (Å²) in [6.45, 7) is 6.18. The Morgan fingerprint density at radius 1 is 1.03 bits per heavy atom. The van der Waals surface area contributed by atoms with E-state index in [1.165, 1.54) is 23.3 Å². The highest BCUT2D eigenvalue weighted by atomic mass is 19.1. The topological polar surface area (TPSA) is 55.9 Å². The maximum absolute atomic E-state index is 13.6. The van der Waals surface area contributed by atoms with Gasteiger partial charge in [0.1, 0.15) is 5.82 Å². The molecule has 1 saturated heterocycles. The Hall–Kier alpha value is -2.77. The predicted molar refractivity (Wildman–Crippen MR) is 116 cm³/mol. The molecule has 1 heterocycles. The molecule has 0 aliphatic carbocycles. The average Bonchev–Trinajstić information content (AvgIpc) is 2.70. The van der Waals surface area contributed by atoms with Crippen LogP contribution >= 0.6 is 0 Å². The summed E-state index contributed by atoms with van der Waals surface area (Å²) in [7, 11) is 1.72. The number of aryl methyl sites for hydroxylation is 1. The van der Waals surface area contributed by atoms with E-state index in [4.69, 9.17) is 0 Å². The molecular weight excluding hydrogens is 383 g/mol. The third kappa shape index (κ3) is 6.37. The van der Waals surface area contributed by atoms with Gasteiger partial charge in [-0.1, -0.05) is 42.0 Å². The number of rotatable bonds is 7. The van der Waals surface area contributed by atoms with Crippen molar-refractivity contribution in [3.8, 4) is 0 Å². The molecule has 1 aliphatic rings. The second-order valence-electron chi connectivity index (χ2n) is 7.85. The van der Waals surface area contributed by atoms with E-state index in [-0.39, 0.29) is 30.6 Å². The van der Waals surface area contributed by atoms with Gasteiger partial charge in [-0.2, -0.15) is 0 Å². The lowest BCUT2D eigenvalue weighted by Gasteiger charge is -2.35. The van der Waals surface area contributed by atoms with Crippen LogP contribution in [0.4, 0.5) is 10.1 Å². The molecule has 0 atom stereocenters. The number of likely N-dealkylation sites (N-methyl/N-ethyl adjacent to an activating group) is 1. The standard InChI is InChI=1S/C23H29FN4O2/c1-18-6-5-7-19(14-18)15-27-10-12-28(13-11-27)23(30)17-26(2)16-22(29)25-21-9-4-3-8-20(21)24/h3-9,14H,10-13,15-17H2,1-2H3,(H,25,29). The Bertz CT molecular complexity index is 881. The number of carbonyl (C=O) groups is 2. The summed E-state index contributed by atoms with van der Waals surface area (Å²) in [5, 5.41) is 2.54. The fourth-order valence-electron chi connectivity index (χ4n) is 3.61. The molecule has 7 heteroatoms. The second-order valence-corrected chi connectivity index (χ2v) is 7.85. The van der Waals surface area contributed by atoms with Crippen molar-refractivity contribution in [1.82, 2.24) is 14.7 Å². The maximum atomic E-state index is 13.6. The van der Waals surface area contributed by atoms with Gasteiger partial charge in [0.2, 0.25) is 11.8 Å². The Labute approximate surface area is 177 Å². The van der Waals surface area contributed by atoms with Gasteiger partial charge in [0.05, 0.1) is 18.8 Å². The van der Waals surface area contributed by atoms with Crippen molar-refractivity contribution in [3.05, 3.63) is 65.5 Å². The second kappa shape index (κ2) is 10.3. The van der Waals surface area contributed by atoms with Crippen molar-refractivity contribution in [2.45, 2.75) is 13.5 Å². The number of halogens is 1. The molecule has 0 saturated carbocycles. The minimum absolute atomic E-state index is 0.00592. The molecule has 0 aromatic heterocycles. The number of carbonyl (C=O) groups excluding carboxylic acids is 2. The molecule has 1 fully saturated rings. The van der Waals surface area contributed by atoms with E-state index in [0.29, 0.717) is 13.1 Å². The number of nitrogens with zero attached hydrogens (tertiary/aromatic N) is 3. The van der Waals surface area contributed by atoms with Crippen LogP contribution in [0.1, 0.15) is 11.1 Å². The Morgan fingerprint density at radius 2 is 1.77 bits per heavy atom. The monoisotopic (exact) mass is 412 g/mol. The van der Waals surface area contributed by atoms with Gasteiger partial charge in [-0.05, 0) is 31.7 Å². The molecule has 0 bridgehead atoms. The van der Waals surface area contributed by atoms with Crippen LogP contribution < -0.4 is 5.32 Å². The lowest BCUT2D eigenvalue weighted by molar-refractivity contribution is -0.134. The van der Waals surface area contributed by atoms with Crippen LogP contribution in [0.15, 0.2) is 48.5 Å². The zero-order chi connectivity index (χ0) is 21.5. The van der Waals surface area contributed by atoms with Gasteiger partial charge < -0.3 is 10.2 Å². The number of nitrogens with one attached hydrogen (secondary N) is 1. The number of para-hydroxylation sites is 1. The van der Waals surface area contributed by atoms with Gasteiger partial charge in [-0.15, -0.1) is 0 Å². The third-order valence-electron chi connectivity index (χ3n) is 5.18. The number of benzene rings is 2. The third-order valence-corrected chi connectivity index (χ3v) is 5.18. The number of piperazine rings is 1. The summed E-state index contributed by atoms with van der Waals surface area (Å²) in [4.78, 5) is 30.6. The molecule has 0 unspecified atom stereocenters. The lowest BCUT2D eigenvalue weighted by atomic mass is 10.1. The summed E-state index contributed by atoms with van der Waals surface area (Å²) in [5.74, 6) is -0.821. The van der Waals surface area contributed by atoms with Crippen molar-refractivity contribution in [1.29, 1.82) is 0 Å². The molecule has 30 heavy (non-hydrogen) atoms. The Balaban J connectivity index is 1.40. The number of hydrogen-bond acceptors (Lipinski definition) is 4. The predicted octanol–water partition coefficient (Wildman–Crippen LogP) is 2.35. The van der Waals surface area contributed by atoms with E-state index in [1.54, 1.807) is 24.1 Å². The molecule has 2 aromatic rings. The first kappa shape index (κ1) is 21.9. The summed E-state index contributed by atoms with van der Waals surface area (Å²) in [5.41, 5.74) is 2.69. The summed E-state index contributed by atoms with van der Waals surface area (Å²) in [6, 6.07) is 14.5. The largest absolute Gasteiger partial charge is 0.339 e. The molecule has 2 aromatic carbocycles. The minimum Gasteiger partial charge on any atom is -0.339 e. The first-order valence-corrected chi connectivity index (χ1v) is 10.2. The molecule has 160 valence electrons. The van der Waals surface area contributed by atoms with Crippen LogP contribution in [0.2, 0.25) is 0 Å². The SMILES string of the molecule is Cc1cccc(CN2CCN(C(=O)CN(C)CC(=O)Nc3ccccc3F)CC2)c1. The molecule has 2 amide bonds. The lowest BCUT2D eigenvalue weighted by Crippen LogP contribution is -2.51. The zero-order valence-electron chi connectivity index (χ0n) is 17.6. The molecule has 1 aliphatic heterocycles. The van der Waals surface area contributed by atoms with E-state index in [1.807, 2.05) is 4.90 Å². The minimum atomic E-state index is -0.479. The fraction of sp³-hybridized carbons (Fsp3) is 0.391. The summed E-state index contributed by atoms with van der Waals surface area (Å²) in [6.07, 6.45) is 0. The van der Waals surface area contributed by atoms with Gasteiger partial charge in [0.25, 0.3) is 0 Å². The van der Waals surface area contributed by atoms with E-state index in [9.17, 15) is 14.0 Å². The zero-order valence-corrected chi connectivity index (χ0v) is 17.6. The van der Waals surface area contributed by atoms with Crippen molar-refractivity contribution >= 4 is 17.5 Å². The van der Waals surface area contributed by atoms with Crippen molar-refractivity contribution < 1.29 is 14.0 Å². The first-order valence-electron chi connectivity index (χ1n) is 10.2. The van der Waals surface area contributed by atoms with Crippen LogP contribution in [0.5, 0.6) is 0 Å². The van der Waals surface area contributed by atoms with Crippen LogP contribution in [0, 0.1) is 12.7 Å². The van der Waals surface area contributed by atoms with Crippen LogP contribution in [-0.4, -0.2) is 72.8 Å². The van der Waals surface area contributed by atoms with Crippen molar-refractivity contribution in [2.24, 2.45) is 0 Å². The highest BCUT2D eigenvalue weighted by Gasteiger charge is 2.22. The number of hydrogen-bond donors (Lipinski definition) is 1. The average molecular weight is 413 g/mol. The molecule has 3 rings (SSSR count). The Kier molecular flexibility index (Phi) is 7.54. The summed E-state index contributed by atoms with van der Waals surface area (Å²) >= 11 is 0. The van der Waals surface area contributed by atoms with Crippen LogP contribution in [-0.2, 0) is 16.1 Å². The van der Waals surface area contributed by atoms with E-state index >= 15 is 0 Å². The molecular formula is C23H29FN4O2. The maximum Gasteiger partial charge on any atom is 0.238 e. The molecule has 0 radical (unpaired) electrons. The first-order chi connectivity index (χ1) is 14.4. The van der Waals surface area contributed by atoms with Gasteiger partial charge in [-0.3, -0.25) is 19.4 Å². The smallest absolute Gasteiger partial charge is 0.238 e. The number of anilines is 1. The Morgan fingerprint density at radius 3 is 2.47 bits per heavy atom. The molecule has 0 spiro atoms. The van der Waals surface area contributed by atoms with Crippen LogP contribution in [0.3, 0.4) is 0 Å². The van der Waals surface area contributed by atoms with E-state index in [0.717, 1.165) is 19.6 Å². The van der Waals surface area contributed by atoms with E-state index < -0.39 is 5.82 Å². The van der Waals surface area contributed by atoms with Gasteiger partial charge in [0.15, 0.2) is 0 Å². The summed E-state index contributed by atoms with van der Waals surface area (Å²) < 4.78 is 13.6. The fourth-order valence-corrected chi connectivity index (χ4v) is 3.61. The van der Waals surface area contributed by atoms with Gasteiger partial charge in [-0.25, -0.2) is 4.39 Å². The highest BCUT2D eigenvalue weighted by Crippen LogP contribution is 2.13. The highest BCUT2D eigenvalue weighted by molar-refractivity contribution is 5.92. The van der Waals surface area contributed by atoms with Crippen LogP contribution in [0.25, 0.3) is 0 Å². The van der Waals surface area contributed by atoms with Crippen molar-refractivity contribution in [3.63, 3.8) is 0 Å². The van der Waals surface area contributed by atoms with Crippen molar-refractivity contribution in [2.75, 3.05) is 51.6 Å². The number of amides is 2. The van der Waals surface area contributed by atoms with Gasteiger partial charge in [0, 0.05) is 32.7 Å². The quantitative estimate of drug-likeness (QED) is 0.759.